The highest BCUT2D eigenvalue weighted by atomic mass is 15.0. The van der Waals surface area contributed by atoms with Crippen LogP contribution in [0.3, 0.4) is 0 Å². The minimum atomic E-state index is 0.131. The van der Waals surface area contributed by atoms with E-state index >= 15 is 0 Å². The molecule has 82 valence electrons. The van der Waals surface area contributed by atoms with E-state index < -0.39 is 0 Å². The summed E-state index contributed by atoms with van der Waals surface area (Å²) in [6.45, 7) is 2.79. The Kier molecular flexibility index (Phi) is 2.91. The first-order valence-electron chi connectivity index (χ1n) is 5.65. The maximum absolute atomic E-state index is 5.89. The third kappa shape index (κ3) is 2.12. The van der Waals surface area contributed by atoms with Crippen molar-refractivity contribution in [2.75, 3.05) is 11.9 Å². The van der Waals surface area contributed by atoms with Crippen LogP contribution < -0.4 is 11.1 Å². The second-order valence-electron chi connectivity index (χ2n) is 4.51. The first-order chi connectivity index (χ1) is 7.26. The number of aromatic nitrogens is 1. The second kappa shape index (κ2) is 4.19. The van der Waals surface area contributed by atoms with Crippen molar-refractivity contribution in [1.29, 1.82) is 0 Å². The zero-order valence-corrected chi connectivity index (χ0v) is 9.29. The van der Waals surface area contributed by atoms with Gasteiger partial charge in [0.1, 0.15) is 0 Å². The molecule has 0 spiro atoms. The maximum atomic E-state index is 5.89. The Labute approximate surface area is 91.1 Å². The number of hydrogen-bond donors (Lipinski definition) is 2. The van der Waals surface area contributed by atoms with E-state index in [4.69, 9.17) is 5.73 Å². The molecule has 3 heteroatoms. The van der Waals surface area contributed by atoms with E-state index in [2.05, 4.69) is 17.2 Å². The Balaban J connectivity index is 2.16. The molecule has 0 aliphatic heterocycles. The fourth-order valence-electron chi connectivity index (χ4n) is 2.33. The standard InChI is InChI=1S/C12H19N3/c1-10-8-14-7-4-11(10)15-12(9-13)5-2-3-6-12/h4,7-8H,2-3,5-6,9,13H2,1H3,(H,14,15). The van der Waals surface area contributed by atoms with Gasteiger partial charge in [0.05, 0.1) is 0 Å². The lowest BCUT2D eigenvalue weighted by molar-refractivity contribution is 0.493. The average molecular weight is 205 g/mol. The summed E-state index contributed by atoms with van der Waals surface area (Å²) in [5.41, 5.74) is 8.39. The number of pyridine rings is 1. The molecule has 1 fully saturated rings. The maximum Gasteiger partial charge on any atom is 0.0495 e. The smallest absolute Gasteiger partial charge is 0.0495 e. The Morgan fingerprint density at radius 2 is 2.20 bits per heavy atom. The van der Waals surface area contributed by atoms with Crippen LogP contribution in [0.2, 0.25) is 0 Å². The van der Waals surface area contributed by atoms with Crippen LogP contribution in [0.4, 0.5) is 5.69 Å². The number of nitrogens with two attached hydrogens (primary N) is 1. The quantitative estimate of drug-likeness (QED) is 0.794. The van der Waals surface area contributed by atoms with Crippen LogP contribution in [0.5, 0.6) is 0 Å². The molecule has 1 aliphatic carbocycles. The fraction of sp³-hybridized carbons (Fsp3) is 0.583. The average Bonchev–Trinajstić information content (AvgIpc) is 2.71. The molecule has 0 aromatic carbocycles. The van der Waals surface area contributed by atoms with Gasteiger partial charge in [-0.25, -0.2) is 0 Å². The normalized spacial score (nSPS) is 19.1. The topological polar surface area (TPSA) is 50.9 Å². The van der Waals surface area contributed by atoms with E-state index in [0.717, 1.165) is 6.54 Å². The number of nitrogens with zero attached hydrogens (tertiary/aromatic N) is 1. The molecule has 1 saturated carbocycles. The molecule has 1 aromatic heterocycles. The minimum Gasteiger partial charge on any atom is -0.378 e. The Morgan fingerprint density at radius 3 is 2.80 bits per heavy atom. The lowest BCUT2D eigenvalue weighted by Crippen LogP contribution is -2.42. The van der Waals surface area contributed by atoms with Crippen LogP contribution in [-0.2, 0) is 0 Å². The van der Waals surface area contributed by atoms with Gasteiger partial charge in [0.15, 0.2) is 0 Å². The van der Waals surface area contributed by atoms with Crippen molar-refractivity contribution in [3.05, 3.63) is 24.0 Å². The number of rotatable bonds is 3. The molecule has 1 heterocycles. The third-order valence-electron chi connectivity index (χ3n) is 3.37. The molecule has 2 rings (SSSR count). The first-order valence-corrected chi connectivity index (χ1v) is 5.65. The molecule has 0 unspecified atom stereocenters. The molecule has 0 atom stereocenters. The predicted molar refractivity (Wildman–Crippen MR) is 62.9 cm³/mol. The van der Waals surface area contributed by atoms with Gasteiger partial charge in [0.25, 0.3) is 0 Å². The monoisotopic (exact) mass is 205 g/mol. The van der Waals surface area contributed by atoms with Crippen LogP contribution in [-0.4, -0.2) is 17.1 Å². The van der Waals surface area contributed by atoms with Gasteiger partial charge in [-0.2, -0.15) is 0 Å². The van der Waals surface area contributed by atoms with Crippen LogP contribution in [0.15, 0.2) is 18.5 Å². The molecule has 3 nitrogen and oxygen atoms in total. The zero-order chi connectivity index (χ0) is 10.7. The number of nitrogens with one attached hydrogen (secondary N) is 1. The molecule has 0 bridgehead atoms. The van der Waals surface area contributed by atoms with E-state index in [9.17, 15) is 0 Å². The van der Waals surface area contributed by atoms with E-state index in [-0.39, 0.29) is 5.54 Å². The van der Waals surface area contributed by atoms with E-state index in [1.807, 2.05) is 18.5 Å². The highest BCUT2D eigenvalue weighted by molar-refractivity contribution is 5.51. The Morgan fingerprint density at radius 1 is 1.47 bits per heavy atom. The second-order valence-corrected chi connectivity index (χ2v) is 4.51. The van der Waals surface area contributed by atoms with Crippen molar-refractivity contribution in [2.45, 2.75) is 38.1 Å². The molecule has 1 aromatic rings. The molecule has 0 radical (unpaired) electrons. The summed E-state index contributed by atoms with van der Waals surface area (Å²) in [6.07, 6.45) is 8.66. The number of anilines is 1. The lowest BCUT2D eigenvalue weighted by Gasteiger charge is -2.30. The first kappa shape index (κ1) is 10.4. The van der Waals surface area contributed by atoms with E-state index in [1.54, 1.807) is 0 Å². The molecule has 1 aliphatic rings. The van der Waals surface area contributed by atoms with Crippen LogP contribution in [0, 0.1) is 6.92 Å². The van der Waals surface area contributed by atoms with Crippen molar-refractivity contribution < 1.29 is 0 Å². The van der Waals surface area contributed by atoms with Gasteiger partial charge in [-0.3, -0.25) is 4.98 Å². The summed E-state index contributed by atoms with van der Waals surface area (Å²) in [5, 5.41) is 3.61. The van der Waals surface area contributed by atoms with Crippen LogP contribution in [0.1, 0.15) is 31.2 Å². The third-order valence-corrected chi connectivity index (χ3v) is 3.37. The summed E-state index contributed by atoms with van der Waals surface area (Å²) >= 11 is 0. The van der Waals surface area contributed by atoms with Gasteiger partial charge in [0, 0.05) is 30.2 Å². The summed E-state index contributed by atoms with van der Waals surface area (Å²) in [4.78, 5) is 4.10. The molecular weight excluding hydrogens is 186 g/mol. The van der Waals surface area contributed by atoms with Crippen molar-refractivity contribution in [3.8, 4) is 0 Å². The summed E-state index contributed by atoms with van der Waals surface area (Å²) < 4.78 is 0. The van der Waals surface area contributed by atoms with Crippen molar-refractivity contribution in [1.82, 2.24) is 4.98 Å². The molecule has 15 heavy (non-hydrogen) atoms. The predicted octanol–water partition coefficient (Wildman–Crippen LogP) is 2.07. The van der Waals surface area contributed by atoms with E-state index in [1.165, 1.54) is 36.9 Å². The van der Waals surface area contributed by atoms with Gasteiger partial charge >= 0.3 is 0 Å². The van der Waals surface area contributed by atoms with Crippen molar-refractivity contribution in [2.24, 2.45) is 5.73 Å². The van der Waals surface area contributed by atoms with Gasteiger partial charge in [-0.1, -0.05) is 12.8 Å². The van der Waals surface area contributed by atoms with Crippen LogP contribution >= 0.6 is 0 Å². The number of hydrogen-bond acceptors (Lipinski definition) is 3. The molecule has 3 N–H and O–H groups in total. The molecular formula is C12H19N3. The summed E-state index contributed by atoms with van der Waals surface area (Å²) in [6, 6.07) is 2.03. The highest BCUT2D eigenvalue weighted by Crippen LogP contribution is 2.32. The van der Waals surface area contributed by atoms with Crippen LogP contribution in [0.25, 0.3) is 0 Å². The van der Waals surface area contributed by atoms with Crippen molar-refractivity contribution in [3.63, 3.8) is 0 Å². The summed E-state index contributed by atoms with van der Waals surface area (Å²) in [7, 11) is 0. The SMILES string of the molecule is Cc1cnccc1NC1(CN)CCCC1. The van der Waals surface area contributed by atoms with Crippen molar-refractivity contribution >= 4 is 5.69 Å². The minimum absolute atomic E-state index is 0.131. The highest BCUT2D eigenvalue weighted by Gasteiger charge is 2.32. The number of aryl methyl sites for hydroxylation is 1. The molecule has 0 saturated heterocycles. The van der Waals surface area contributed by atoms with E-state index in [0.29, 0.717) is 0 Å². The Bertz CT molecular complexity index is 329. The zero-order valence-electron chi connectivity index (χ0n) is 9.29. The van der Waals surface area contributed by atoms with Gasteiger partial charge in [0.2, 0.25) is 0 Å². The van der Waals surface area contributed by atoms with Gasteiger partial charge < -0.3 is 11.1 Å². The molecule has 0 amide bonds. The lowest BCUT2D eigenvalue weighted by atomic mass is 9.97. The van der Waals surface area contributed by atoms with Gasteiger partial charge in [-0.15, -0.1) is 0 Å². The fourth-order valence-corrected chi connectivity index (χ4v) is 2.33. The van der Waals surface area contributed by atoms with Gasteiger partial charge in [-0.05, 0) is 31.4 Å². The summed E-state index contributed by atoms with van der Waals surface area (Å²) in [5.74, 6) is 0. The largest absolute Gasteiger partial charge is 0.378 e. The Hall–Kier alpha value is -1.09.